The molecule has 1 aromatic carbocycles. The lowest BCUT2D eigenvalue weighted by Gasteiger charge is -2.03. The SMILES string of the molecule is O=C(O)c1nc(Cl)cc2c([N+](=O)[O-])cccc12. The van der Waals surface area contributed by atoms with E-state index in [1.165, 1.54) is 24.3 Å². The quantitative estimate of drug-likeness (QED) is 0.503. The zero-order chi connectivity index (χ0) is 12.6. The Morgan fingerprint density at radius 3 is 2.71 bits per heavy atom. The molecule has 2 rings (SSSR count). The predicted molar refractivity (Wildman–Crippen MR) is 60.4 cm³/mol. The molecule has 17 heavy (non-hydrogen) atoms. The number of carboxylic acids is 1. The van der Waals surface area contributed by atoms with Crippen LogP contribution in [0.15, 0.2) is 24.3 Å². The van der Waals surface area contributed by atoms with Crippen molar-refractivity contribution >= 4 is 34.0 Å². The van der Waals surface area contributed by atoms with Crippen LogP contribution in [0.1, 0.15) is 10.5 Å². The number of non-ortho nitro benzene ring substituents is 1. The van der Waals surface area contributed by atoms with Crippen molar-refractivity contribution in [1.29, 1.82) is 0 Å². The number of nitro benzene ring substituents is 1. The number of pyridine rings is 1. The summed E-state index contributed by atoms with van der Waals surface area (Å²) in [6, 6.07) is 5.42. The summed E-state index contributed by atoms with van der Waals surface area (Å²) in [4.78, 5) is 24.8. The summed E-state index contributed by atoms with van der Waals surface area (Å²) < 4.78 is 0. The smallest absolute Gasteiger partial charge is 0.355 e. The van der Waals surface area contributed by atoms with Crippen LogP contribution >= 0.6 is 11.6 Å². The van der Waals surface area contributed by atoms with Crippen LogP contribution in [0.5, 0.6) is 0 Å². The molecule has 86 valence electrons. The molecular formula is C10H5ClN2O4. The second-order valence-electron chi connectivity index (χ2n) is 3.23. The van der Waals surface area contributed by atoms with Crippen molar-refractivity contribution < 1.29 is 14.8 Å². The molecule has 1 aromatic heterocycles. The first-order valence-electron chi connectivity index (χ1n) is 4.47. The van der Waals surface area contributed by atoms with Gasteiger partial charge in [0.05, 0.1) is 10.3 Å². The Hall–Kier alpha value is -2.21. The van der Waals surface area contributed by atoms with Gasteiger partial charge < -0.3 is 5.11 Å². The lowest BCUT2D eigenvalue weighted by Crippen LogP contribution is -2.02. The van der Waals surface area contributed by atoms with Crippen molar-refractivity contribution in [2.75, 3.05) is 0 Å². The number of nitrogens with zero attached hydrogens (tertiary/aromatic N) is 2. The van der Waals surface area contributed by atoms with Gasteiger partial charge >= 0.3 is 5.97 Å². The monoisotopic (exact) mass is 252 g/mol. The lowest BCUT2D eigenvalue weighted by molar-refractivity contribution is -0.383. The average Bonchev–Trinajstić information content (AvgIpc) is 2.26. The van der Waals surface area contributed by atoms with Crippen molar-refractivity contribution in [3.63, 3.8) is 0 Å². The zero-order valence-electron chi connectivity index (χ0n) is 8.25. The minimum absolute atomic E-state index is 0.0933. The summed E-state index contributed by atoms with van der Waals surface area (Å²) in [5.41, 5.74) is -0.495. The van der Waals surface area contributed by atoms with E-state index in [1.54, 1.807) is 0 Å². The van der Waals surface area contributed by atoms with Gasteiger partial charge in [-0.3, -0.25) is 10.1 Å². The molecule has 2 aromatic rings. The van der Waals surface area contributed by atoms with Gasteiger partial charge in [-0.2, -0.15) is 0 Å². The Labute approximate surface area is 99.6 Å². The van der Waals surface area contributed by atoms with Crippen molar-refractivity contribution in [3.05, 3.63) is 45.2 Å². The number of aromatic carboxylic acids is 1. The van der Waals surface area contributed by atoms with Crippen molar-refractivity contribution in [1.82, 2.24) is 4.98 Å². The molecule has 6 nitrogen and oxygen atoms in total. The van der Waals surface area contributed by atoms with Crippen molar-refractivity contribution in [2.24, 2.45) is 0 Å². The molecule has 0 aliphatic carbocycles. The summed E-state index contributed by atoms with van der Waals surface area (Å²) in [6.45, 7) is 0. The fourth-order valence-corrected chi connectivity index (χ4v) is 1.75. The molecule has 0 fully saturated rings. The Morgan fingerprint density at radius 2 is 2.12 bits per heavy atom. The molecule has 0 atom stereocenters. The van der Waals surface area contributed by atoms with Gasteiger partial charge in [0.2, 0.25) is 0 Å². The number of benzene rings is 1. The third-order valence-corrected chi connectivity index (χ3v) is 2.41. The largest absolute Gasteiger partial charge is 0.476 e. The summed E-state index contributed by atoms with van der Waals surface area (Å²) >= 11 is 5.65. The Kier molecular flexibility index (Phi) is 2.64. The van der Waals surface area contributed by atoms with E-state index >= 15 is 0 Å². The Morgan fingerprint density at radius 1 is 1.41 bits per heavy atom. The number of rotatable bonds is 2. The van der Waals surface area contributed by atoms with Gasteiger partial charge in [-0.1, -0.05) is 23.7 Å². The molecule has 7 heteroatoms. The molecule has 0 spiro atoms. The molecule has 1 N–H and O–H groups in total. The highest BCUT2D eigenvalue weighted by molar-refractivity contribution is 6.30. The summed E-state index contributed by atoms with van der Waals surface area (Å²) in [5, 5.41) is 20.0. The van der Waals surface area contributed by atoms with E-state index in [0.29, 0.717) is 0 Å². The highest BCUT2D eigenvalue weighted by Gasteiger charge is 2.18. The van der Waals surface area contributed by atoms with Gasteiger partial charge in [0, 0.05) is 11.5 Å². The van der Waals surface area contributed by atoms with Crippen LogP contribution in [0.3, 0.4) is 0 Å². The van der Waals surface area contributed by atoms with Gasteiger partial charge in [0.1, 0.15) is 5.15 Å². The maximum absolute atomic E-state index is 11.0. The molecule has 0 aliphatic heterocycles. The number of aromatic nitrogens is 1. The first-order valence-corrected chi connectivity index (χ1v) is 4.85. The molecule has 0 aliphatic rings. The highest BCUT2D eigenvalue weighted by Crippen LogP contribution is 2.29. The zero-order valence-corrected chi connectivity index (χ0v) is 9.01. The minimum atomic E-state index is -1.28. The van der Waals surface area contributed by atoms with Crippen LogP contribution in [-0.4, -0.2) is 21.0 Å². The second kappa shape index (κ2) is 3.99. The molecule has 0 radical (unpaired) electrons. The number of halogens is 1. The molecule has 0 unspecified atom stereocenters. The summed E-state index contributed by atoms with van der Waals surface area (Å²) in [7, 11) is 0. The van der Waals surface area contributed by atoms with E-state index in [0.717, 1.165) is 0 Å². The highest BCUT2D eigenvalue weighted by atomic mass is 35.5. The van der Waals surface area contributed by atoms with Crippen LogP contribution in [0.25, 0.3) is 10.8 Å². The molecule has 1 heterocycles. The number of nitro groups is 1. The van der Waals surface area contributed by atoms with Crippen molar-refractivity contribution in [3.8, 4) is 0 Å². The van der Waals surface area contributed by atoms with Crippen LogP contribution < -0.4 is 0 Å². The maximum Gasteiger partial charge on any atom is 0.355 e. The fraction of sp³-hybridized carbons (Fsp3) is 0. The maximum atomic E-state index is 11.0. The minimum Gasteiger partial charge on any atom is -0.476 e. The van der Waals surface area contributed by atoms with E-state index in [9.17, 15) is 14.9 Å². The lowest BCUT2D eigenvalue weighted by atomic mass is 10.1. The third-order valence-electron chi connectivity index (χ3n) is 2.22. The molecule has 0 bridgehead atoms. The number of carboxylic acid groups (broad SMARTS) is 1. The standard InChI is InChI=1S/C10H5ClN2O4/c11-8-4-6-5(9(12-8)10(14)15)2-1-3-7(6)13(16)17/h1-4H,(H,14,15). The van der Waals surface area contributed by atoms with Crippen LogP contribution in [0, 0.1) is 10.1 Å². The van der Waals surface area contributed by atoms with E-state index in [-0.39, 0.29) is 27.3 Å². The van der Waals surface area contributed by atoms with Crippen LogP contribution in [-0.2, 0) is 0 Å². The third kappa shape index (κ3) is 1.90. The molecular weight excluding hydrogens is 248 g/mol. The van der Waals surface area contributed by atoms with E-state index in [2.05, 4.69) is 4.98 Å². The van der Waals surface area contributed by atoms with E-state index < -0.39 is 10.9 Å². The number of hydrogen-bond acceptors (Lipinski definition) is 4. The van der Waals surface area contributed by atoms with Gasteiger partial charge in [-0.05, 0) is 6.07 Å². The normalized spacial score (nSPS) is 10.4. The Bertz CT molecular complexity index is 641. The van der Waals surface area contributed by atoms with Gasteiger partial charge in [0.15, 0.2) is 5.69 Å². The first kappa shape index (κ1) is 11.3. The average molecular weight is 253 g/mol. The van der Waals surface area contributed by atoms with Crippen LogP contribution in [0.4, 0.5) is 5.69 Å². The van der Waals surface area contributed by atoms with E-state index in [4.69, 9.17) is 16.7 Å². The van der Waals surface area contributed by atoms with Gasteiger partial charge in [-0.15, -0.1) is 0 Å². The van der Waals surface area contributed by atoms with Crippen LogP contribution in [0.2, 0.25) is 5.15 Å². The topological polar surface area (TPSA) is 93.3 Å². The van der Waals surface area contributed by atoms with E-state index in [1.807, 2.05) is 0 Å². The fourth-order valence-electron chi connectivity index (χ4n) is 1.55. The molecule has 0 amide bonds. The Balaban J connectivity index is 2.92. The first-order chi connectivity index (χ1) is 8.00. The van der Waals surface area contributed by atoms with Gasteiger partial charge in [-0.25, -0.2) is 9.78 Å². The predicted octanol–water partition coefficient (Wildman–Crippen LogP) is 2.49. The number of carbonyl (C=O) groups is 1. The number of hydrogen-bond donors (Lipinski definition) is 1. The summed E-state index contributed by atoms with van der Waals surface area (Å²) in [5.74, 6) is -1.28. The van der Waals surface area contributed by atoms with Gasteiger partial charge in [0.25, 0.3) is 5.69 Å². The molecule has 0 saturated heterocycles. The number of fused-ring (bicyclic) bond motifs is 1. The molecule has 0 saturated carbocycles. The summed E-state index contributed by atoms with van der Waals surface area (Å²) in [6.07, 6.45) is 0. The second-order valence-corrected chi connectivity index (χ2v) is 3.62. The van der Waals surface area contributed by atoms with Crippen molar-refractivity contribution in [2.45, 2.75) is 0 Å².